The van der Waals surface area contributed by atoms with Crippen LogP contribution in [0.15, 0.2) is 24.3 Å². The summed E-state index contributed by atoms with van der Waals surface area (Å²) in [6.45, 7) is 5.36. The molecule has 0 aliphatic rings. The number of hydrogen-bond acceptors (Lipinski definition) is 4. The molecule has 0 aromatic heterocycles. The van der Waals surface area contributed by atoms with Crippen molar-refractivity contribution in [2.24, 2.45) is 5.92 Å². The van der Waals surface area contributed by atoms with Gasteiger partial charge in [0.15, 0.2) is 0 Å². The van der Waals surface area contributed by atoms with Crippen molar-refractivity contribution in [1.82, 2.24) is 9.80 Å². The zero-order valence-electron chi connectivity index (χ0n) is 14.1. The second kappa shape index (κ2) is 8.54. The molecule has 0 fully saturated rings. The highest BCUT2D eigenvalue weighted by atomic mass is 16.5. The molecule has 0 saturated heterocycles. The van der Waals surface area contributed by atoms with E-state index >= 15 is 0 Å². The third-order valence-electron chi connectivity index (χ3n) is 3.58. The lowest BCUT2D eigenvalue weighted by atomic mass is 10.1. The summed E-state index contributed by atoms with van der Waals surface area (Å²) in [7, 11) is 5.28. The van der Waals surface area contributed by atoms with Crippen molar-refractivity contribution in [2.45, 2.75) is 13.8 Å². The van der Waals surface area contributed by atoms with Crippen LogP contribution in [0.4, 0.5) is 0 Å². The summed E-state index contributed by atoms with van der Waals surface area (Å²) in [5, 5.41) is 0. The summed E-state index contributed by atoms with van der Waals surface area (Å²) >= 11 is 0. The topological polar surface area (TPSA) is 49.9 Å². The number of likely N-dealkylation sites (N-methyl/N-ethyl adjacent to an activating group) is 1. The number of ether oxygens (including phenoxy) is 1. The summed E-state index contributed by atoms with van der Waals surface area (Å²) < 4.78 is 4.76. The van der Waals surface area contributed by atoms with Gasteiger partial charge in [0.1, 0.15) is 0 Å². The lowest BCUT2D eigenvalue weighted by Gasteiger charge is -2.27. The van der Waals surface area contributed by atoms with Gasteiger partial charge in [-0.2, -0.15) is 0 Å². The second-order valence-electron chi connectivity index (χ2n) is 5.79. The Hall–Kier alpha value is -1.88. The predicted molar refractivity (Wildman–Crippen MR) is 86.8 cm³/mol. The minimum atomic E-state index is -0.347. The third kappa shape index (κ3) is 5.15. The Labute approximate surface area is 132 Å². The van der Waals surface area contributed by atoms with Gasteiger partial charge in [-0.05, 0) is 32.6 Å². The maximum absolute atomic E-state index is 12.8. The van der Waals surface area contributed by atoms with Crippen LogP contribution < -0.4 is 0 Å². The molecular weight excluding hydrogens is 280 g/mol. The third-order valence-corrected chi connectivity index (χ3v) is 3.58. The van der Waals surface area contributed by atoms with Gasteiger partial charge in [-0.25, -0.2) is 0 Å². The average Bonchev–Trinajstić information content (AvgIpc) is 2.49. The minimum Gasteiger partial charge on any atom is -0.469 e. The molecule has 0 spiro atoms. The van der Waals surface area contributed by atoms with Crippen molar-refractivity contribution in [3.8, 4) is 0 Å². The van der Waals surface area contributed by atoms with E-state index in [9.17, 15) is 9.59 Å². The van der Waals surface area contributed by atoms with Crippen molar-refractivity contribution in [2.75, 3.05) is 40.8 Å². The van der Waals surface area contributed by atoms with Gasteiger partial charge in [0.25, 0.3) is 5.91 Å². The molecule has 0 saturated carbocycles. The molecule has 22 heavy (non-hydrogen) atoms. The second-order valence-corrected chi connectivity index (χ2v) is 5.79. The summed E-state index contributed by atoms with van der Waals surface area (Å²) in [6.07, 6.45) is 0. The molecule has 1 atom stereocenters. The van der Waals surface area contributed by atoms with Crippen molar-refractivity contribution in [3.63, 3.8) is 0 Å². The lowest BCUT2D eigenvalue weighted by Crippen LogP contribution is -2.41. The molecule has 1 rings (SSSR count). The number of rotatable bonds is 7. The van der Waals surface area contributed by atoms with Crippen molar-refractivity contribution in [3.05, 3.63) is 35.4 Å². The lowest BCUT2D eigenvalue weighted by molar-refractivity contribution is -0.145. The van der Waals surface area contributed by atoms with Crippen LogP contribution in [0.1, 0.15) is 22.8 Å². The molecule has 1 unspecified atom stereocenters. The molecule has 1 aromatic carbocycles. The van der Waals surface area contributed by atoms with Crippen LogP contribution in [0.2, 0.25) is 0 Å². The average molecular weight is 306 g/mol. The van der Waals surface area contributed by atoms with Gasteiger partial charge in [0, 0.05) is 25.2 Å². The van der Waals surface area contributed by atoms with Crippen molar-refractivity contribution >= 4 is 11.9 Å². The molecule has 5 nitrogen and oxygen atoms in total. The molecule has 1 amide bonds. The smallest absolute Gasteiger partial charge is 0.310 e. The molecule has 0 aliphatic heterocycles. The Kier molecular flexibility index (Phi) is 7.05. The SMILES string of the molecule is COC(=O)C(C)CN(CCN(C)C)C(=O)c1ccccc1C. The molecule has 0 radical (unpaired) electrons. The Morgan fingerprint density at radius 3 is 2.36 bits per heavy atom. The highest BCUT2D eigenvalue weighted by molar-refractivity contribution is 5.95. The molecule has 0 bridgehead atoms. The monoisotopic (exact) mass is 306 g/mol. The first-order valence-corrected chi connectivity index (χ1v) is 7.44. The summed E-state index contributed by atoms with van der Waals surface area (Å²) in [5.74, 6) is -0.691. The largest absolute Gasteiger partial charge is 0.469 e. The number of nitrogens with zero attached hydrogens (tertiary/aromatic N) is 2. The molecular formula is C17H26N2O3. The van der Waals surface area contributed by atoms with Crippen molar-refractivity contribution < 1.29 is 14.3 Å². The van der Waals surface area contributed by atoms with Gasteiger partial charge in [-0.1, -0.05) is 25.1 Å². The molecule has 122 valence electrons. The zero-order valence-corrected chi connectivity index (χ0v) is 14.1. The summed E-state index contributed by atoms with van der Waals surface area (Å²) in [4.78, 5) is 28.2. The van der Waals surface area contributed by atoms with E-state index in [4.69, 9.17) is 4.74 Å². The van der Waals surface area contributed by atoms with Crippen LogP contribution in [0.5, 0.6) is 0 Å². The molecule has 1 aromatic rings. The Bertz CT molecular complexity index is 514. The van der Waals surface area contributed by atoms with E-state index in [0.29, 0.717) is 18.7 Å². The van der Waals surface area contributed by atoms with Gasteiger partial charge in [-0.3, -0.25) is 9.59 Å². The molecule has 0 heterocycles. The predicted octanol–water partition coefficient (Wildman–Crippen LogP) is 1.81. The maximum atomic E-state index is 12.8. The summed E-state index contributed by atoms with van der Waals surface area (Å²) in [6, 6.07) is 7.51. The van der Waals surface area contributed by atoms with E-state index < -0.39 is 0 Å². The number of aryl methyl sites for hydroxylation is 1. The maximum Gasteiger partial charge on any atom is 0.310 e. The van der Waals surface area contributed by atoms with E-state index in [2.05, 4.69) is 0 Å². The quantitative estimate of drug-likeness (QED) is 0.721. The molecule has 5 heteroatoms. The van der Waals surface area contributed by atoms with Crippen LogP contribution in [0, 0.1) is 12.8 Å². The number of amides is 1. The Morgan fingerprint density at radius 1 is 1.18 bits per heavy atom. The van der Waals surface area contributed by atoms with Crippen LogP contribution in [0.25, 0.3) is 0 Å². The van der Waals surface area contributed by atoms with Crippen LogP contribution >= 0.6 is 0 Å². The number of benzene rings is 1. The highest BCUT2D eigenvalue weighted by Gasteiger charge is 2.23. The summed E-state index contributed by atoms with van der Waals surface area (Å²) in [5.41, 5.74) is 1.62. The normalized spacial score (nSPS) is 12.1. The first kappa shape index (κ1) is 18.2. The van der Waals surface area contributed by atoms with Crippen LogP contribution in [-0.4, -0.2) is 62.5 Å². The molecule has 0 aliphatic carbocycles. The van der Waals surface area contributed by atoms with E-state index in [0.717, 1.165) is 12.1 Å². The number of carbonyl (C=O) groups is 2. The number of esters is 1. The first-order chi connectivity index (χ1) is 10.4. The fourth-order valence-electron chi connectivity index (χ4n) is 2.19. The van der Waals surface area contributed by atoms with E-state index in [1.165, 1.54) is 7.11 Å². The van der Waals surface area contributed by atoms with E-state index in [1.54, 1.807) is 11.8 Å². The van der Waals surface area contributed by atoms with E-state index in [1.807, 2.05) is 50.2 Å². The molecule has 0 N–H and O–H groups in total. The Morgan fingerprint density at radius 2 is 1.82 bits per heavy atom. The standard InChI is InChI=1S/C17H26N2O3/c1-13-8-6-7-9-15(13)16(20)19(11-10-18(3)4)12-14(2)17(21)22-5/h6-9,14H,10-12H2,1-5H3. The first-order valence-electron chi connectivity index (χ1n) is 7.44. The van der Waals surface area contributed by atoms with Gasteiger partial charge in [-0.15, -0.1) is 0 Å². The van der Waals surface area contributed by atoms with Gasteiger partial charge in [0.05, 0.1) is 13.0 Å². The number of hydrogen-bond donors (Lipinski definition) is 0. The van der Waals surface area contributed by atoms with Gasteiger partial charge in [0.2, 0.25) is 0 Å². The van der Waals surface area contributed by atoms with Gasteiger partial charge < -0.3 is 14.5 Å². The van der Waals surface area contributed by atoms with Gasteiger partial charge >= 0.3 is 5.97 Å². The van der Waals surface area contributed by atoms with Crippen LogP contribution in [0.3, 0.4) is 0 Å². The minimum absolute atomic E-state index is 0.0456. The number of methoxy groups -OCH3 is 1. The Balaban J connectivity index is 2.91. The fraction of sp³-hybridized carbons (Fsp3) is 0.529. The van der Waals surface area contributed by atoms with Crippen LogP contribution in [-0.2, 0) is 9.53 Å². The number of carbonyl (C=O) groups excluding carboxylic acids is 2. The zero-order chi connectivity index (χ0) is 16.7. The van der Waals surface area contributed by atoms with Crippen molar-refractivity contribution in [1.29, 1.82) is 0 Å². The highest BCUT2D eigenvalue weighted by Crippen LogP contribution is 2.13. The fourth-order valence-corrected chi connectivity index (χ4v) is 2.19. The van der Waals surface area contributed by atoms with E-state index in [-0.39, 0.29) is 17.8 Å².